The number of furan rings is 1. The van der Waals surface area contributed by atoms with Crippen LogP contribution in [0.15, 0.2) is 44.9 Å². The molecule has 1 atom stereocenters. The van der Waals surface area contributed by atoms with Gasteiger partial charge in [-0.15, -0.1) is 0 Å². The zero-order chi connectivity index (χ0) is 12.3. The quantitative estimate of drug-likeness (QED) is 0.899. The predicted octanol–water partition coefficient (Wildman–Crippen LogP) is 3.41. The second-order valence-corrected chi connectivity index (χ2v) is 4.99. The van der Waals surface area contributed by atoms with Gasteiger partial charge in [-0.25, -0.2) is 0 Å². The summed E-state index contributed by atoms with van der Waals surface area (Å²) in [5.74, 6) is 0.947. The number of aromatic nitrogens is 1. The fourth-order valence-electron chi connectivity index (χ4n) is 1.46. The number of hydrogen-bond donors (Lipinski definition) is 1. The number of aryl methyl sites for hydroxylation is 1. The van der Waals surface area contributed by atoms with Crippen molar-refractivity contribution in [3.8, 4) is 0 Å². The number of nitrogens with one attached hydrogen (secondary N) is 1. The first-order valence-electron chi connectivity index (χ1n) is 5.56. The van der Waals surface area contributed by atoms with Crippen molar-refractivity contribution < 1.29 is 4.42 Å². The second kappa shape index (κ2) is 5.38. The Bertz CT molecular complexity index is 478. The highest BCUT2D eigenvalue weighted by Crippen LogP contribution is 2.30. The monoisotopic (exact) mass is 248 g/mol. The van der Waals surface area contributed by atoms with Crippen molar-refractivity contribution in [3.63, 3.8) is 0 Å². The molecule has 2 aromatic rings. The van der Waals surface area contributed by atoms with Gasteiger partial charge in [0.1, 0.15) is 5.76 Å². The molecule has 2 aromatic heterocycles. The molecule has 0 aromatic carbocycles. The third kappa shape index (κ3) is 2.90. The van der Waals surface area contributed by atoms with Crippen LogP contribution >= 0.6 is 11.8 Å². The van der Waals surface area contributed by atoms with E-state index in [0.717, 1.165) is 21.2 Å². The molecule has 2 rings (SSSR count). The van der Waals surface area contributed by atoms with Gasteiger partial charge >= 0.3 is 0 Å². The standard InChI is InChI=1S/C13H16N2OS/c1-9(14-3)12-5-4-11(8-15-12)17-13-6-7-16-10(13)2/h4-9,14H,1-3H3. The smallest absolute Gasteiger partial charge is 0.114 e. The molecule has 0 amide bonds. The Morgan fingerprint density at radius 3 is 2.71 bits per heavy atom. The largest absolute Gasteiger partial charge is 0.468 e. The number of nitrogens with zero attached hydrogens (tertiary/aromatic N) is 1. The summed E-state index contributed by atoms with van der Waals surface area (Å²) in [4.78, 5) is 6.71. The summed E-state index contributed by atoms with van der Waals surface area (Å²) in [6, 6.07) is 6.40. The lowest BCUT2D eigenvalue weighted by molar-refractivity contribution is 0.527. The van der Waals surface area contributed by atoms with Crippen molar-refractivity contribution in [3.05, 3.63) is 42.1 Å². The van der Waals surface area contributed by atoms with Crippen LogP contribution in [0.1, 0.15) is 24.4 Å². The number of hydrogen-bond acceptors (Lipinski definition) is 4. The Balaban J connectivity index is 2.11. The first kappa shape index (κ1) is 12.2. The van der Waals surface area contributed by atoms with E-state index in [0.29, 0.717) is 0 Å². The summed E-state index contributed by atoms with van der Waals surface area (Å²) in [6.07, 6.45) is 3.61. The normalized spacial score (nSPS) is 12.6. The highest BCUT2D eigenvalue weighted by molar-refractivity contribution is 7.99. The van der Waals surface area contributed by atoms with E-state index in [1.807, 2.05) is 26.2 Å². The summed E-state index contributed by atoms with van der Waals surface area (Å²) in [5, 5.41) is 3.17. The molecule has 0 saturated heterocycles. The maximum absolute atomic E-state index is 5.26. The summed E-state index contributed by atoms with van der Waals surface area (Å²) in [6.45, 7) is 4.06. The van der Waals surface area contributed by atoms with Crippen molar-refractivity contribution in [2.24, 2.45) is 0 Å². The lowest BCUT2D eigenvalue weighted by Crippen LogP contribution is -2.13. The summed E-state index contributed by atoms with van der Waals surface area (Å²) in [7, 11) is 1.93. The molecule has 2 heterocycles. The van der Waals surface area contributed by atoms with Gasteiger partial charge in [0.05, 0.1) is 16.9 Å². The Hall–Kier alpha value is -1.26. The highest BCUT2D eigenvalue weighted by Gasteiger charge is 2.06. The molecule has 0 saturated carbocycles. The third-order valence-corrected chi connectivity index (χ3v) is 3.80. The van der Waals surface area contributed by atoms with Crippen LogP contribution in [0.25, 0.3) is 0 Å². The molecule has 1 unspecified atom stereocenters. The minimum absolute atomic E-state index is 0.282. The lowest BCUT2D eigenvalue weighted by Gasteiger charge is -2.09. The minimum Gasteiger partial charge on any atom is -0.468 e. The van der Waals surface area contributed by atoms with E-state index in [-0.39, 0.29) is 6.04 Å². The van der Waals surface area contributed by atoms with Crippen molar-refractivity contribution in [1.29, 1.82) is 0 Å². The molecule has 0 fully saturated rings. The van der Waals surface area contributed by atoms with Crippen LogP contribution in [0.3, 0.4) is 0 Å². The molecule has 17 heavy (non-hydrogen) atoms. The van der Waals surface area contributed by atoms with E-state index in [1.54, 1.807) is 18.0 Å². The molecule has 1 N–H and O–H groups in total. The Morgan fingerprint density at radius 1 is 1.35 bits per heavy atom. The zero-order valence-corrected chi connectivity index (χ0v) is 11.0. The second-order valence-electron chi connectivity index (χ2n) is 3.87. The van der Waals surface area contributed by atoms with Crippen LogP contribution in [0.2, 0.25) is 0 Å². The molecule has 0 aliphatic carbocycles. The van der Waals surface area contributed by atoms with Crippen LogP contribution < -0.4 is 5.32 Å². The Labute approximate surface area is 106 Å². The average molecular weight is 248 g/mol. The van der Waals surface area contributed by atoms with Gasteiger partial charge in [-0.1, -0.05) is 11.8 Å². The van der Waals surface area contributed by atoms with E-state index in [4.69, 9.17) is 4.42 Å². The van der Waals surface area contributed by atoms with Gasteiger partial charge in [0, 0.05) is 17.1 Å². The van der Waals surface area contributed by atoms with Crippen LogP contribution in [0.4, 0.5) is 0 Å². The predicted molar refractivity (Wildman–Crippen MR) is 69.3 cm³/mol. The van der Waals surface area contributed by atoms with E-state index in [2.05, 4.69) is 29.4 Å². The molecule has 0 aliphatic rings. The van der Waals surface area contributed by atoms with Gasteiger partial charge in [-0.3, -0.25) is 4.98 Å². The van der Waals surface area contributed by atoms with Crippen molar-refractivity contribution in [1.82, 2.24) is 10.3 Å². The van der Waals surface area contributed by atoms with Gasteiger partial charge in [0.25, 0.3) is 0 Å². The van der Waals surface area contributed by atoms with Crippen LogP contribution in [0.5, 0.6) is 0 Å². The van der Waals surface area contributed by atoms with Crippen molar-refractivity contribution in [2.75, 3.05) is 7.05 Å². The average Bonchev–Trinajstić information content (AvgIpc) is 2.75. The fourth-order valence-corrected chi connectivity index (χ4v) is 2.27. The summed E-state index contributed by atoms with van der Waals surface area (Å²) < 4.78 is 5.26. The minimum atomic E-state index is 0.282. The van der Waals surface area contributed by atoms with Crippen molar-refractivity contribution in [2.45, 2.75) is 29.7 Å². The van der Waals surface area contributed by atoms with Gasteiger partial charge in [-0.2, -0.15) is 0 Å². The SMILES string of the molecule is CNC(C)c1ccc(Sc2ccoc2C)cn1. The maximum Gasteiger partial charge on any atom is 0.114 e. The van der Waals surface area contributed by atoms with Gasteiger partial charge in [-0.05, 0) is 39.1 Å². The molecule has 0 aliphatic heterocycles. The lowest BCUT2D eigenvalue weighted by atomic mass is 10.2. The van der Waals surface area contributed by atoms with Crippen LogP contribution in [-0.2, 0) is 0 Å². The van der Waals surface area contributed by atoms with E-state index >= 15 is 0 Å². The molecule has 90 valence electrons. The molecule has 0 bridgehead atoms. The summed E-state index contributed by atoms with van der Waals surface area (Å²) >= 11 is 1.67. The van der Waals surface area contributed by atoms with E-state index in [1.165, 1.54) is 0 Å². The van der Waals surface area contributed by atoms with E-state index in [9.17, 15) is 0 Å². The summed E-state index contributed by atoms with van der Waals surface area (Å²) in [5.41, 5.74) is 1.06. The topological polar surface area (TPSA) is 38.1 Å². The number of rotatable bonds is 4. The molecule has 0 radical (unpaired) electrons. The van der Waals surface area contributed by atoms with Crippen LogP contribution in [0, 0.1) is 6.92 Å². The third-order valence-electron chi connectivity index (χ3n) is 2.67. The van der Waals surface area contributed by atoms with Gasteiger partial charge in [0.2, 0.25) is 0 Å². The van der Waals surface area contributed by atoms with Gasteiger partial charge < -0.3 is 9.73 Å². The van der Waals surface area contributed by atoms with E-state index < -0.39 is 0 Å². The molecular weight excluding hydrogens is 232 g/mol. The maximum atomic E-state index is 5.26. The molecule has 0 spiro atoms. The van der Waals surface area contributed by atoms with Gasteiger partial charge in [0.15, 0.2) is 0 Å². The van der Waals surface area contributed by atoms with Crippen LogP contribution in [-0.4, -0.2) is 12.0 Å². The van der Waals surface area contributed by atoms with Crippen molar-refractivity contribution >= 4 is 11.8 Å². The highest BCUT2D eigenvalue weighted by atomic mass is 32.2. The zero-order valence-electron chi connectivity index (χ0n) is 10.2. The molecular formula is C13H16N2OS. The fraction of sp³-hybridized carbons (Fsp3) is 0.308. The Kier molecular flexibility index (Phi) is 3.86. The number of pyridine rings is 1. The first-order valence-corrected chi connectivity index (χ1v) is 6.37. The molecule has 4 heteroatoms. The molecule has 3 nitrogen and oxygen atoms in total. The first-order chi connectivity index (χ1) is 8.20. The Morgan fingerprint density at radius 2 is 2.18 bits per heavy atom.